The van der Waals surface area contributed by atoms with Gasteiger partial charge in [-0.1, -0.05) is 11.6 Å². The SMILES string of the molecule is O=C(c1c(C(F)(F)F)ccc(Cl)c1[N+](=O)[O-])C(F)(F)F. The summed E-state index contributed by atoms with van der Waals surface area (Å²) in [4.78, 5) is 20.0. The largest absolute Gasteiger partial charge is 0.455 e. The molecule has 0 fully saturated rings. The summed E-state index contributed by atoms with van der Waals surface area (Å²) in [6.45, 7) is 0. The Labute approximate surface area is 111 Å². The first-order valence-electron chi connectivity index (χ1n) is 4.53. The van der Waals surface area contributed by atoms with Gasteiger partial charge in [-0.25, -0.2) is 0 Å². The van der Waals surface area contributed by atoms with Crippen LogP contribution in [0.4, 0.5) is 32.0 Å². The van der Waals surface area contributed by atoms with Crippen molar-refractivity contribution in [1.82, 2.24) is 0 Å². The molecule has 0 bridgehead atoms. The normalized spacial score (nSPS) is 12.3. The third-order valence-electron chi connectivity index (χ3n) is 2.10. The predicted molar refractivity (Wildman–Crippen MR) is 53.5 cm³/mol. The second-order valence-corrected chi connectivity index (χ2v) is 3.81. The molecule has 20 heavy (non-hydrogen) atoms. The molecular formula is C9H2ClF6NO3. The number of nitro benzene ring substituents is 1. The monoisotopic (exact) mass is 321 g/mol. The van der Waals surface area contributed by atoms with E-state index in [9.17, 15) is 41.3 Å². The average Bonchev–Trinajstić information content (AvgIpc) is 2.23. The Hall–Kier alpha value is -1.84. The van der Waals surface area contributed by atoms with Crippen molar-refractivity contribution in [3.63, 3.8) is 0 Å². The van der Waals surface area contributed by atoms with E-state index in [-0.39, 0.29) is 6.07 Å². The summed E-state index contributed by atoms with van der Waals surface area (Å²) >= 11 is 5.21. The highest BCUT2D eigenvalue weighted by Gasteiger charge is 2.49. The van der Waals surface area contributed by atoms with E-state index in [1.54, 1.807) is 0 Å². The van der Waals surface area contributed by atoms with Crippen molar-refractivity contribution in [2.75, 3.05) is 0 Å². The summed E-state index contributed by atoms with van der Waals surface area (Å²) < 4.78 is 74.6. The Morgan fingerprint density at radius 3 is 2.00 bits per heavy atom. The Morgan fingerprint density at radius 1 is 1.15 bits per heavy atom. The van der Waals surface area contributed by atoms with Gasteiger partial charge in [0.05, 0.1) is 10.5 Å². The smallest absolute Gasteiger partial charge is 0.284 e. The van der Waals surface area contributed by atoms with Gasteiger partial charge in [-0.3, -0.25) is 14.9 Å². The molecule has 0 atom stereocenters. The molecule has 110 valence electrons. The predicted octanol–water partition coefficient (Wildman–Crippen LogP) is 4.01. The van der Waals surface area contributed by atoms with Crippen molar-refractivity contribution in [3.8, 4) is 0 Å². The maximum atomic E-state index is 12.6. The average molecular weight is 322 g/mol. The van der Waals surface area contributed by atoms with Gasteiger partial charge in [0, 0.05) is 0 Å². The summed E-state index contributed by atoms with van der Waals surface area (Å²) in [6.07, 6.45) is -11.1. The minimum Gasteiger partial charge on any atom is -0.284 e. The number of alkyl halides is 6. The fraction of sp³-hybridized carbons (Fsp3) is 0.222. The zero-order valence-electron chi connectivity index (χ0n) is 8.97. The van der Waals surface area contributed by atoms with Crippen LogP contribution in [-0.4, -0.2) is 16.9 Å². The quantitative estimate of drug-likeness (QED) is 0.358. The number of benzene rings is 1. The Kier molecular flexibility index (Phi) is 3.99. The van der Waals surface area contributed by atoms with Crippen LogP contribution in [0.15, 0.2) is 12.1 Å². The number of ketones is 1. The van der Waals surface area contributed by atoms with Gasteiger partial charge < -0.3 is 0 Å². The van der Waals surface area contributed by atoms with Crippen LogP contribution < -0.4 is 0 Å². The van der Waals surface area contributed by atoms with Crippen molar-refractivity contribution in [1.29, 1.82) is 0 Å². The first-order valence-corrected chi connectivity index (χ1v) is 4.90. The number of Topliss-reactive ketones (excluding diaryl/α,β-unsaturated/α-hetero) is 1. The maximum absolute atomic E-state index is 12.6. The Balaban J connectivity index is 3.80. The van der Waals surface area contributed by atoms with E-state index in [0.717, 1.165) is 0 Å². The third-order valence-corrected chi connectivity index (χ3v) is 2.41. The highest BCUT2D eigenvalue weighted by atomic mass is 35.5. The molecule has 1 rings (SSSR count). The molecule has 0 unspecified atom stereocenters. The summed E-state index contributed by atoms with van der Waals surface area (Å²) in [6, 6.07) is 0.476. The van der Waals surface area contributed by atoms with Gasteiger partial charge in [-0.05, 0) is 12.1 Å². The first-order chi connectivity index (χ1) is 8.87. The van der Waals surface area contributed by atoms with E-state index in [1.165, 1.54) is 0 Å². The van der Waals surface area contributed by atoms with Crippen LogP contribution in [0, 0.1) is 10.1 Å². The number of hydrogen-bond donors (Lipinski definition) is 0. The molecule has 0 aliphatic carbocycles. The summed E-state index contributed by atoms with van der Waals surface area (Å²) in [5, 5.41) is 9.58. The zero-order chi connectivity index (χ0) is 15.9. The zero-order valence-corrected chi connectivity index (χ0v) is 9.73. The van der Waals surface area contributed by atoms with Crippen LogP contribution in [0.5, 0.6) is 0 Å². The van der Waals surface area contributed by atoms with Crippen LogP contribution in [0.25, 0.3) is 0 Å². The van der Waals surface area contributed by atoms with Crippen LogP contribution in [0.1, 0.15) is 15.9 Å². The van der Waals surface area contributed by atoms with Gasteiger partial charge >= 0.3 is 12.4 Å². The number of rotatable bonds is 2. The fourth-order valence-corrected chi connectivity index (χ4v) is 1.58. The molecule has 0 saturated heterocycles. The number of hydrogen-bond acceptors (Lipinski definition) is 3. The number of nitro groups is 1. The minimum absolute atomic E-state index is 0.0777. The van der Waals surface area contributed by atoms with Crippen molar-refractivity contribution in [2.45, 2.75) is 12.4 Å². The fourth-order valence-electron chi connectivity index (χ4n) is 1.35. The van der Waals surface area contributed by atoms with E-state index in [2.05, 4.69) is 0 Å². The highest BCUT2D eigenvalue weighted by Crippen LogP contribution is 2.41. The molecular weight excluding hydrogens is 320 g/mol. The molecule has 0 N–H and O–H groups in total. The van der Waals surface area contributed by atoms with Crippen molar-refractivity contribution in [3.05, 3.63) is 38.4 Å². The topological polar surface area (TPSA) is 60.2 Å². The van der Waals surface area contributed by atoms with Gasteiger partial charge in [-0.15, -0.1) is 0 Å². The highest BCUT2D eigenvalue weighted by molar-refractivity contribution is 6.33. The molecule has 11 heteroatoms. The lowest BCUT2D eigenvalue weighted by atomic mass is 10.0. The minimum atomic E-state index is -5.71. The van der Waals surface area contributed by atoms with E-state index in [1.807, 2.05) is 0 Å². The van der Waals surface area contributed by atoms with Crippen LogP contribution in [0.2, 0.25) is 5.02 Å². The van der Waals surface area contributed by atoms with Gasteiger partial charge in [0.2, 0.25) is 0 Å². The number of carbonyl (C=O) groups excluding carboxylic acids is 1. The van der Waals surface area contributed by atoms with Gasteiger partial charge in [-0.2, -0.15) is 26.3 Å². The maximum Gasteiger partial charge on any atom is 0.455 e. The number of halogens is 7. The third kappa shape index (κ3) is 3.00. The lowest BCUT2D eigenvalue weighted by molar-refractivity contribution is -0.385. The number of nitrogens with zero attached hydrogens (tertiary/aromatic N) is 1. The molecule has 1 aromatic carbocycles. The second-order valence-electron chi connectivity index (χ2n) is 3.40. The molecule has 0 aliphatic heterocycles. The molecule has 4 nitrogen and oxygen atoms in total. The van der Waals surface area contributed by atoms with Crippen molar-refractivity contribution < 1.29 is 36.1 Å². The van der Waals surface area contributed by atoms with Gasteiger partial charge in [0.1, 0.15) is 10.6 Å². The Morgan fingerprint density at radius 2 is 1.65 bits per heavy atom. The second kappa shape index (κ2) is 4.93. The Bertz CT molecular complexity index is 580. The van der Waals surface area contributed by atoms with Crippen LogP contribution in [0.3, 0.4) is 0 Å². The molecule has 1 aromatic rings. The lowest BCUT2D eigenvalue weighted by Gasteiger charge is -2.14. The van der Waals surface area contributed by atoms with Crippen molar-refractivity contribution >= 4 is 23.1 Å². The molecule has 0 amide bonds. The van der Waals surface area contributed by atoms with E-state index >= 15 is 0 Å². The molecule has 0 aliphatic rings. The standard InChI is InChI=1S/C9H2ClF6NO3/c10-4-2-1-3(8(11,12)13)5(6(4)17(19)20)7(18)9(14,15)16/h1-2H. The van der Waals surface area contributed by atoms with Crippen LogP contribution >= 0.6 is 11.6 Å². The molecule has 0 radical (unpaired) electrons. The van der Waals surface area contributed by atoms with Gasteiger partial charge in [0.25, 0.3) is 11.5 Å². The summed E-state index contributed by atoms with van der Waals surface area (Å²) in [7, 11) is 0. The van der Waals surface area contributed by atoms with Crippen molar-refractivity contribution in [2.24, 2.45) is 0 Å². The lowest BCUT2D eigenvalue weighted by Crippen LogP contribution is -2.27. The summed E-state index contributed by atoms with van der Waals surface area (Å²) in [5.74, 6) is -2.99. The molecule has 0 saturated carbocycles. The first kappa shape index (κ1) is 16.2. The van der Waals surface area contributed by atoms with E-state index in [0.29, 0.717) is 6.07 Å². The van der Waals surface area contributed by atoms with Crippen LogP contribution in [-0.2, 0) is 6.18 Å². The molecule has 0 aromatic heterocycles. The molecule has 0 spiro atoms. The van der Waals surface area contributed by atoms with E-state index in [4.69, 9.17) is 11.6 Å². The summed E-state index contributed by atoms with van der Waals surface area (Å²) in [5.41, 5.74) is -5.93. The number of carbonyl (C=O) groups is 1. The molecule has 0 heterocycles. The van der Waals surface area contributed by atoms with E-state index < -0.39 is 44.9 Å². The van der Waals surface area contributed by atoms with Gasteiger partial charge in [0.15, 0.2) is 0 Å².